The van der Waals surface area contributed by atoms with E-state index < -0.39 is 120 Å². The van der Waals surface area contributed by atoms with Crippen molar-refractivity contribution in [2.24, 2.45) is 0 Å². The number of nitrogens with one attached hydrogen (secondary N) is 4. The molecule has 4 unspecified atom stereocenters. The van der Waals surface area contributed by atoms with Crippen LogP contribution >= 0.6 is 181 Å². The smallest absolute Gasteiger partial charge is 1.00 e. The Hall–Kier alpha value is 0.754. The number of phenolic OH excluding ortho intramolecular Hbond substituents is 8. The molecule has 38 heteroatoms. The van der Waals surface area contributed by atoms with Gasteiger partial charge in [0.05, 0.1) is 124 Å². The van der Waals surface area contributed by atoms with Gasteiger partial charge in [0.25, 0.3) is 23.6 Å². The molecule has 20 N–H and O–H groups in total. The van der Waals surface area contributed by atoms with Crippen LogP contribution in [-0.2, 0) is 26.2 Å². The Labute approximate surface area is 678 Å². The number of aliphatic hydroxyl groups is 8. The van der Waals surface area contributed by atoms with E-state index in [4.69, 9.17) is 0 Å². The van der Waals surface area contributed by atoms with E-state index in [1.807, 2.05) is 19.6 Å². The maximum absolute atomic E-state index is 13.4. The number of benzene rings is 4. The Balaban J connectivity index is 0.00000940. The SMILES string of the molecule is O=C(NCC(O)CO)c1c(I)c(O)c(CN2CCN(Cc3c(O)c(I)c(C(=O)NCC(O)CO)c(I)c3O)CCN(Cc3c(O)c(I)c(C(=O)NCC(O)CO)c(I)c3O)CCN(Cc3c(O)c(I)c(C(=O)NCC(O)CO)c(I)c3O)CC2)c(O)c1I.[H-].[Lu].[Na+]. The van der Waals surface area contributed by atoms with Gasteiger partial charge < -0.3 is 104 Å². The molecule has 1 heterocycles. The molecule has 0 bridgehead atoms. The van der Waals surface area contributed by atoms with Gasteiger partial charge in [0.1, 0.15) is 46.0 Å². The summed E-state index contributed by atoms with van der Waals surface area (Å²) in [6.45, 7) is -3.98. The van der Waals surface area contributed by atoms with Gasteiger partial charge in [-0.2, -0.15) is 0 Å². The Morgan fingerprint density at radius 2 is 0.467 bits per heavy atom. The molecule has 4 atom stereocenters. The van der Waals surface area contributed by atoms with Crippen LogP contribution in [0, 0.1) is 65.4 Å². The number of aromatic hydroxyl groups is 8. The van der Waals surface area contributed by atoms with Gasteiger partial charge in [-0.1, -0.05) is 0 Å². The second-order valence-electron chi connectivity index (χ2n) is 20.0. The summed E-state index contributed by atoms with van der Waals surface area (Å²) in [5.74, 6) is -6.63. The van der Waals surface area contributed by atoms with Gasteiger partial charge >= 0.3 is 29.6 Å². The van der Waals surface area contributed by atoms with Crippen molar-refractivity contribution in [3.8, 4) is 46.0 Å². The van der Waals surface area contributed by atoms with E-state index >= 15 is 0 Å². The molecular formula is C52H65I8LuN8NaO20. The summed E-state index contributed by atoms with van der Waals surface area (Å²) in [7, 11) is 0. The molecule has 1 fully saturated rings. The van der Waals surface area contributed by atoms with Gasteiger partial charge in [0.2, 0.25) is 0 Å². The van der Waals surface area contributed by atoms with Crippen molar-refractivity contribution in [1.29, 1.82) is 0 Å². The zero-order valence-electron chi connectivity index (χ0n) is 48.3. The van der Waals surface area contributed by atoms with E-state index in [9.17, 15) is 101 Å². The average molecular weight is 2340 g/mol. The number of halogens is 8. The van der Waals surface area contributed by atoms with Crippen molar-refractivity contribution >= 4 is 204 Å². The third-order valence-electron chi connectivity index (χ3n) is 13.9. The molecule has 28 nitrogen and oxygen atoms in total. The second-order valence-corrected chi connectivity index (χ2v) is 28.6. The maximum atomic E-state index is 13.4. The van der Waals surface area contributed by atoms with Gasteiger partial charge in [-0.25, -0.2) is 0 Å². The largest absolute Gasteiger partial charge is 1.00 e. The van der Waals surface area contributed by atoms with Crippen LogP contribution < -0.4 is 50.8 Å². The summed E-state index contributed by atoms with van der Waals surface area (Å²) >= 11 is 14.1. The Morgan fingerprint density at radius 1 is 0.333 bits per heavy atom. The topological polar surface area (TPSA) is 453 Å². The summed E-state index contributed by atoms with van der Waals surface area (Å²) in [6.07, 6.45) is -5.16. The van der Waals surface area contributed by atoms with Crippen molar-refractivity contribution in [1.82, 2.24) is 40.9 Å². The van der Waals surface area contributed by atoms with Gasteiger partial charge in [-0.3, -0.25) is 38.8 Å². The zero-order chi connectivity index (χ0) is 65.8. The molecule has 1 saturated heterocycles. The fraction of sp³-hybridized carbons (Fsp3) is 0.462. The van der Waals surface area contributed by atoms with Crippen LogP contribution in [-0.4, -0.2) is 254 Å². The summed E-state index contributed by atoms with van der Waals surface area (Å²) < 4.78 is 0.403. The number of nitrogens with zero attached hydrogens (tertiary/aromatic N) is 4. The quantitative estimate of drug-likeness (QED) is 0.0265. The number of amides is 4. The van der Waals surface area contributed by atoms with E-state index in [0.29, 0.717) is 0 Å². The van der Waals surface area contributed by atoms with Crippen LogP contribution in [0.1, 0.15) is 65.1 Å². The molecule has 1 aliphatic rings. The molecule has 0 aliphatic carbocycles. The number of carbonyl (C=O) groups is 4. The first-order valence-corrected chi connectivity index (χ1v) is 34.9. The molecule has 1 radical (unpaired) electrons. The van der Waals surface area contributed by atoms with Crippen molar-refractivity contribution in [3.63, 3.8) is 0 Å². The van der Waals surface area contributed by atoms with Crippen molar-refractivity contribution < 1.29 is 169 Å². The van der Waals surface area contributed by atoms with E-state index in [1.54, 1.807) is 181 Å². The standard InChI is InChI=1S/C52H64I8N8O20.Lu.Na.H/c53-33-29(49(85)61-9-21(73)17-69)34(54)42(78)25(41(33)77)13-65-1-2-66(14-26-43(79)35(55)30(36(56)44(26)80)50(86)62-10-22(74)18-70)5-6-68(16-28-47(83)39(59)32(40(60)48(28)84)52(88)64-12-24(76)20-72)8-7-67(4-3-65)15-27-45(81)37(57)31(38(58)46(27)82)51(87)63-11-23(75)19-71;;;/h21-24,69-84H,1-20H2,(H,61,85)(H,62,86)(H,63,87)(H,64,88);;;/q;;+1;-1. The molecular weight excluding hydrogens is 2270 g/mol. The third-order valence-corrected chi connectivity index (χ3v) is 22.3. The third kappa shape index (κ3) is 21.9. The molecule has 90 heavy (non-hydrogen) atoms. The van der Waals surface area contributed by atoms with Crippen LogP contribution in [0.2, 0.25) is 0 Å². The molecule has 0 saturated carbocycles. The van der Waals surface area contributed by atoms with Crippen molar-refractivity contribution in [3.05, 3.63) is 73.1 Å². The van der Waals surface area contributed by atoms with Crippen LogP contribution in [0.5, 0.6) is 46.0 Å². The van der Waals surface area contributed by atoms with Crippen molar-refractivity contribution in [2.75, 3.05) is 105 Å². The number of rotatable bonds is 24. The fourth-order valence-corrected chi connectivity index (χ4v) is 17.6. The molecule has 4 aromatic carbocycles. The van der Waals surface area contributed by atoms with Crippen LogP contribution in [0.15, 0.2) is 0 Å². The van der Waals surface area contributed by atoms with Gasteiger partial charge in [-0.05, 0) is 181 Å². The van der Waals surface area contributed by atoms with Crippen LogP contribution in [0.4, 0.5) is 0 Å². The summed E-state index contributed by atoms with van der Waals surface area (Å²) in [5, 5.41) is 182. The Bertz CT molecular complexity index is 2690. The molecule has 0 aromatic heterocycles. The second kappa shape index (κ2) is 40.1. The predicted molar refractivity (Wildman–Crippen MR) is 385 cm³/mol. The van der Waals surface area contributed by atoms with Gasteiger partial charge in [-0.15, -0.1) is 0 Å². The number of hydrogen-bond donors (Lipinski definition) is 20. The first kappa shape index (κ1) is 85.0. The van der Waals surface area contributed by atoms with Gasteiger partial charge in [0.15, 0.2) is 0 Å². The van der Waals surface area contributed by atoms with Crippen molar-refractivity contribution in [2.45, 2.75) is 50.6 Å². The number of phenols is 8. The van der Waals surface area contributed by atoms with Crippen LogP contribution in [0.25, 0.3) is 0 Å². The van der Waals surface area contributed by atoms with E-state index in [1.165, 1.54) is 0 Å². The molecule has 4 aromatic rings. The number of carbonyl (C=O) groups excluding carboxylic acids is 4. The summed E-state index contributed by atoms with van der Waals surface area (Å²) in [6, 6.07) is 0. The van der Waals surface area contributed by atoms with E-state index in [0.717, 1.165) is 0 Å². The molecule has 0 spiro atoms. The fourth-order valence-electron chi connectivity index (χ4n) is 8.80. The molecule has 1 aliphatic heterocycles. The first-order chi connectivity index (χ1) is 41.4. The minimum Gasteiger partial charge on any atom is -1.00 e. The molecule has 4 amide bonds. The summed E-state index contributed by atoms with van der Waals surface area (Å²) in [5.41, 5.74) is -0.388. The zero-order valence-corrected chi connectivity index (χ0v) is 68.2. The molecule has 505 valence electrons. The van der Waals surface area contributed by atoms with E-state index in [2.05, 4.69) is 21.3 Å². The Kier molecular flexibility index (Phi) is 37.9. The van der Waals surface area contributed by atoms with Gasteiger partial charge in [0, 0.05) is 142 Å². The summed E-state index contributed by atoms with van der Waals surface area (Å²) in [4.78, 5) is 61.1. The number of aliphatic hydroxyl groups excluding tert-OH is 8. The average Bonchev–Trinajstić information content (AvgIpc) is 2.59. The Morgan fingerprint density at radius 3 is 0.589 bits per heavy atom. The van der Waals surface area contributed by atoms with Crippen LogP contribution in [0.3, 0.4) is 0 Å². The van der Waals surface area contributed by atoms with E-state index in [-0.39, 0.29) is 246 Å². The normalized spacial score (nSPS) is 15.3. The number of hydrogen-bond acceptors (Lipinski definition) is 24. The predicted octanol–water partition coefficient (Wildman–Crippen LogP) is -2.06. The first-order valence-electron chi connectivity index (χ1n) is 26.3. The molecule has 5 rings (SSSR count). The minimum absolute atomic E-state index is 0. The monoisotopic (exact) mass is 2330 g/mol. The maximum Gasteiger partial charge on any atom is 1.00 e. The minimum atomic E-state index is -1.29.